The van der Waals surface area contributed by atoms with E-state index in [1.165, 1.54) is 13.2 Å². The minimum atomic E-state index is -0.793. The first-order chi connectivity index (χ1) is 10.9. The lowest BCUT2D eigenvalue weighted by Gasteiger charge is -2.35. The highest BCUT2D eigenvalue weighted by atomic mass is 19.1. The number of aliphatic carboxylic acids is 1. The summed E-state index contributed by atoms with van der Waals surface area (Å²) < 4.78 is 18.5. The Bertz CT molecular complexity index is 590. The van der Waals surface area contributed by atoms with Gasteiger partial charge in [-0.25, -0.2) is 4.39 Å². The Morgan fingerprint density at radius 2 is 2.17 bits per heavy atom. The van der Waals surface area contributed by atoms with Gasteiger partial charge in [0.25, 0.3) is 0 Å². The summed E-state index contributed by atoms with van der Waals surface area (Å²) >= 11 is 0. The monoisotopic (exact) mass is 323 g/mol. The Hall–Kier alpha value is -2.11. The van der Waals surface area contributed by atoms with Crippen molar-refractivity contribution in [3.8, 4) is 5.75 Å². The van der Waals surface area contributed by atoms with Gasteiger partial charge >= 0.3 is 5.97 Å². The molecule has 1 aliphatic rings. The van der Waals surface area contributed by atoms with Gasteiger partial charge in [0.15, 0.2) is 11.6 Å². The third kappa shape index (κ3) is 4.21. The molecule has 0 bridgehead atoms. The number of likely N-dealkylation sites (tertiary alicyclic amines) is 1. The molecular formula is C17H22FNO4. The van der Waals surface area contributed by atoms with Crippen LogP contribution in [-0.4, -0.2) is 42.1 Å². The number of nitrogens with zero attached hydrogens (tertiary/aromatic N) is 1. The number of benzene rings is 1. The van der Waals surface area contributed by atoms with E-state index in [0.717, 1.165) is 5.56 Å². The van der Waals surface area contributed by atoms with Crippen LogP contribution in [0.2, 0.25) is 0 Å². The van der Waals surface area contributed by atoms with E-state index in [1.807, 2.05) is 6.92 Å². The van der Waals surface area contributed by atoms with E-state index < -0.39 is 11.8 Å². The van der Waals surface area contributed by atoms with Gasteiger partial charge in [-0.1, -0.05) is 13.0 Å². The van der Waals surface area contributed by atoms with Crippen LogP contribution in [0, 0.1) is 17.7 Å². The van der Waals surface area contributed by atoms with E-state index in [1.54, 1.807) is 17.0 Å². The minimum Gasteiger partial charge on any atom is -0.494 e. The first-order valence-electron chi connectivity index (χ1n) is 7.75. The van der Waals surface area contributed by atoms with Crippen molar-refractivity contribution in [2.75, 3.05) is 20.2 Å². The molecule has 126 valence electrons. The molecule has 1 N–H and O–H groups in total. The van der Waals surface area contributed by atoms with E-state index in [-0.39, 0.29) is 29.9 Å². The number of methoxy groups -OCH3 is 1. The highest BCUT2D eigenvalue weighted by Gasteiger charge is 2.32. The minimum absolute atomic E-state index is 0.0167. The second-order valence-corrected chi connectivity index (χ2v) is 6.02. The zero-order chi connectivity index (χ0) is 17.0. The van der Waals surface area contributed by atoms with Crippen LogP contribution in [0.5, 0.6) is 5.75 Å². The Morgan fingerprint density at radius 1 is 1.43 bits per heavy atom. The van der Waals surface area contributed by atoms with Crippen molar-refractivity contribution in [2.45, 2.75) is 26.2 Å². The summed E-state index contributed by atoms with van der Waals surface area (Å²) in [5.41, 5.74) is 0.741. The fourth-order valence-electron chi connectivity index (χ4n) is 3.01. The maximum Gasteiger partial charge on any atom is 0.306 e. The van der Waals surface area contributed by atoms with Crippen molar-refractivity contribution in [1.82, 2.24) is 4.90 Å². The molecular weight excluding hydrogens is 301 g/mol. The third-order valence-electron chi connectivity index (χ3n) is 4.42. The maximum absolute atomic E-state index is 13.6. The highest BCUT2D eigenvalue weighted by Crippen LogP contribution is 2.24. The number of aryl methyl sites for hydroxylation is 1. The number of ether oxygens (including phenoxy) is 1. The van der Waals surface area contributed by atoms with Crippen LogP contribution >= 0.6 is 0 Å². The van der Waals surface area contributed by atoms with Gasteiger partial charge in [-0.2, -0.15) is 0 Å². The normalized spacial score (nSPS) is 21.1. The Balaban J connectivity index is 1.88. The molecule has 1 aromatic rings. The number of hydrogen-bond donors (Lipinski definition) is 1. The largest absolute Gasteiger partial charge is 0.494 e. The number of halogens is 1. The predicted octanol–water partition coefficient (Wildman–Crippen LogP) is 2.34. The number of hydrogen-bond acceptors (Lipinski definition) is 3. The van der Waals surface area contributed by atoms with Gasteiger partial charge in [0, 0.05) is 19.5 Å². The van der Waals surface area contributed by atoms with E-state index in [9.17, 15) is 14.0 Å². The van der Waals surface area contributed by atoms with E-state index in [2.05, 4.69) is 0 Å². The van der Waals surface area contributed by atoms with Crippen molar-refractivity contribution in [1.29, 1.82) is 0 Å². The van der Waals surface area contributed by atoms with Crippen LogP contribution in [0.3, 0.4) is 0 Å². The fourth-order valence-corrected chi connectivity index (χ4v) is 3.01. The molecule has 0 saturated carbocycles. The van der Waals surface area contributed by atoms with E-state index in [0.29, 0.717) is 25.9 Å². The summed E-state index contributed by atoms with van der Waals surface area (Å²) in [6, 6.07) is 4.68. The topological polar surface area (TPSA) is 66.8 Å². The van der Waals surface area contributed by atoms with Gasteiger partial charge in [-0.05, 0) is 36.5 Å². The van der Waals surface area contributed by atoms with Crippen LogP contribution in [0.15, 0.2) is 18.2 Å². The standard InChI is InChI=1S/C17H22FNO4/c1-11-10-19(8-7-13(11)17(21)22)16(20)6-4-12-3-5-15(23-2)14(18)9-12/h3,5,9,11,13H,4,6-8,10H2,1-2H3,(H,21,22). The second kappa shape index (κ2) is 7.44. The van der Waals surface area contributed by atoms with Crippen molar-refractivity contribution in [2.24, 2.45) is 11.8 Å². The smallest absolute Gasteiger partial charge is 0.306 e. The fraction of sp³-hybridized carbons (Fsp3) is 0.529. The first kappa shape index (κ1) is 17.2. The predicted molar refractivity (Wildman–Crippen MR) is 82.8 cm³/mol. The number of carbonyl (C=O) groups is 2. The molecule has 1 heterocycles. The molecule has 2 rings (SSSR count). The molecule has 1 fully saturated rings. The summed E-state index contributed by atoms with van der Waals surface area (Å²) in [5, 5.41) is 9.11. The molecule has 1 aromatic carbocycles. The number of carbonyl (C=O) groups excluding carboxylic acids is 1. The molecule has 0 aliphatic carbocycles. The average Bonchev–Trinajstić information content (AvgIpc) is 2.52. The van der Waals surface area contributed by atoms with Crippen LogP contribution in [0.25, 0.3) is 0 Å². The van der Waals surface area contributed by atoms with Crippen LogP contribution in [-0.2, 0) is 16.0 Å². The molecule has 1 aliphatic heterocycles. The molecule has 0 aromatic heterocycles. The molecule has 2 atom stereocenters. The van der Waals surface area contributed by atoms with Gasteiger partial charge in [-0.3, -0.25) is 9.59 Å². The third-order valence-corrected chi connectivity index (χ3v) is 4.42. The SMILES string of the molecule is COc1ccc(CCC(=O)N2CCC(C(=O)O)C(C)C2)cc1F. The van der Waals surface area contributed by atoms with Crippen LogP contribution in [0.4, 0.5) is 4.39 Å². The lowest BCUT2D eigenvalue weighted by Crippen LogP contribution is -2.45. The average molecular weight is 323 g/mol. The number of rotatable bonds is 5. The summed E-state index contributed by atoms with van der Waals surface area (Å²) in [4.78, 5) is 25.1. The quantitative estimate of drug-likeness (QED) is 0.903. The van der Waals surface area contributed by atoms with Gasteiger partial charge in [0.05, 0.1) is 13.0 Å². The highest BCUT2D eigenvalue weighted by molar-refractivity contribution is 5.77. The van der Waals surface area contributed by atoms with Crippen LogP contribution in [0.1, 0.15) is 25.3 Å². The van der Waals surface area contributed by atoms with Gasteiger partial charge < -0.3 is 14.7 Å². The molecule has 0 spiro atoms. The molecule has 2 unspecified atom stereocenters. The van der Waals surface area contributed by atoms with Gasteiger partial charge in [0.2, 0.25) is 5.91 Å². The summed E-state index contributed by atoms with van der Waals surface area (Å²) in [6.07, 6.45) is 1.22. The number of amides is 1. The van der Waals surface area contributed by atoms with Crippen LogP contribution < -0.4 is 4.74 Å². The molecule has 1 saturated heterocycles. The number of carboxylic acid groups (broad SMARTS) is 1. The second-order valence-electron chi connectivity index (χ2n) is 6.02. The molecule has 23 heavy (non-hydrogen) atoms. The zero-order valence-corrected chi connectivity index (χ0v) is 13.4. The number of piperidine rings is 1. The lowest BCUT2D eigenvalue weighted by atomic mass is 9.87. The summed E-state index contributed by atoms with van der Waals surface area (Å²) in [7, 11) is 1.41. The van der Waals surface area contributed by atoms with Gasteiger partial charge in [-0.15, -0.1) is 0 Å². The molecule has 0 radical (unpaired) electrons. The van der Waals surface area contributed by atoms with Crippen molar-refractivity contribution < 1.29 is 23.8 Å². The molecule has 1 amide bonds. The Morgan fingerprint density at radius 3 is 2.74 bits per heavy atom. The first-order valence-corrected chi connectivity index (χ1v) is 7.75. The number of carboxylic acids is 1. The summed E-state index contributed by atoms with van der Waals surface area (Å²) in [5.74, 6) is -1.49. The van der Waals surface area contributed by atoms with E-state index >= 15 is 0 Å². The molecule has 5 nitrogen and oxygen atoms in total. The Labute approximate surface area is 135 Å². The lowest BCUT2D eigenvalue weighted by molar-refractivity contribution is -0.148. The maximum atomic E-state index is 13.6. The Kier molecular flexibility index (Phi) is 5.58. The summed E-state index contributed by atoms with van der Waals surface area (Å²) in [6.45, 7) is 2.79. The van der Waals surface area contributed by atoms with Crippen molar-refractivity contribution >= 4 is 11.9 Å². The van der Waals surface area contributed by atoms with Crippen molar-refractivity contribution in [3.05, 3.63) is 29.6 Å². The zero-order valence-electron chi connectivity index (χ0n) is 13.4. The molecule has 6 heteroatoms. The van der Waals surface area contributed by atoms with E-state index in [4.69, 9.17) is 9.84 Å². The van der Waals surface area contributed by atoms with Gasteiger partial charge in [0.1, 0.15) is 0 Å². The van der Waals surface area contributed by atoms with Crippen molar-refractivity contribution in [3.63, 3.8) is 0 Å².